The third kappa shape index (κ3) is 2.75. The fourth-order valence-corrected chi connectivity index (χ4v) is 1.68. The van der Waals surface area contributed by atoms with E-state index in [4.69, 9.17) is 5.73 Å². The Balaban J connectivity index is 2.14. The van der Waals surface area contributed by atoms with Gasteiger partial charge in [0.25, 0.3) is 0 Å². The summed E-state index contributed by atoms with van der Waals surface area (Å²) in [5, 5.41) is 3.31. The summed E-state index contributed by atoms with van der Waals surface area (Å²) >= 11 is 0. The molecule has 0 aliphatic rings. The SMILES string of the molecule is Cc1ccc(C(C)Nc2ncccc2N)cc1. The topological polar surface area (TPSA) is 50.9 Å². The van der Waals surface area contributed by atoms with E-state index in [1.54, 1.807) is 6.20 Å². The molecule has 17 heavy (non-hydrogen) atoms. The molecule has 0 aliphatic carbocycles. The van der Waals surface area contributed by atoms with Crippen molar-refractivity contribution in [2.75, 3.05) is 11.1 Å². The Bertz CT molecular complexity index is 491. The number of nitrogens with zero attached hydrogens (tertiary/aromatic N) is 1. The average Bonchev–Trinajstić information content (AvgIpc) is 2.33. The highest BCUT2D eigenvalue weighted by Crippen LogP contribution is 2.21. The second-order valence-corrected chi connectivity index (χ2v) is 4.22. The maximum absolute atomic E-state index is 5.85. The molecule has 1 heterocycles. The van der Waals surface area contributed by atoms with Crippen LogP contribution in [0.5, 0.6) is 0 Å². The zero-order valence-electron chi connectivity index (χ0n) is 10.1. The van der Waals surface area contributed by atoms with E-state index in [1.165, 1.54) is 11.1 Å². The maximum Gasteiger partial charge on any atom is 0.149 e. The fraction of sp³-hybridized carbons (Fsp3) is 0.214. The van der Waals surface area contributed by atoms with Gasteiger partial charge in [-0.15, -0.1) is 0 Å². The predicted octanol–water partition coefficient (Wildman–Crippen LogP) is 3.15. The lowest BCUT2D eigenvalue weighted by molar-refractivity contribution is 0.875. The van der Waals surface area contributed by atoms with Crippen molar-refractivity contribution in [2.45, 2.75) is 19.9 Å². The van der Waals surface area contributed by atoms with E-state index in [9.17, 15) is 0 Å². The first-order valence-corrected chi connectivity index (χ1v) is 5.70. The van der Waals surface area contributed by atoms with Crippen LogP contribution in [-0.2, 0) is 0 Å². The van der Waals surface area contributed by atoms with Crippen LogP contribution < -0.4 is 11.1 Å². The van der Waals surface area contributed by atoms with Crippen LogP contribution in [-0.4, -0.2) is 4.98 Å². The highest BCUT2D eigenvalue weighted by molar-refractivity contribution is 5.61. The Labute approximate surface area is 102 Å². The Kier molecular flexibility index (Phi) is 3.28. The molecule has 88 valence electrons. The monoisotopic (exact) mass is 227 g/mol. The first-order valence-electron chi connectivity index (χ1n) is 5.70. The van der Waals surface area contributed by atoms with E-state index >= 15 is 0 Å². The van der Waals surface area contributed by atoms with Crippen LogP contribution in [0.4, 0.5) is 11.5 Å². The second kappa shape index (κ2) is 4.87. The molecule has 0 saturated heterocycles. The van der Waals surface area contributed by atoms with Crippen molar-refractivity contribution < 1.29 is 0 Å². The van der Waals surface area contributed by atoms with Crippen molar-refractivity contribution >= 4 is 11.5 Å². The molecule has 0 aliphatic heterocycles. The highest BCUT2D eigenvalue weighted by Gasteiger charge is 2.07. The summed E-state index contributed by atoms with van der Waals surface area (Å²) in [6.07, 6.45) is 1.74. The first-order chi connectivity index (χ1) is 8.16. The number of anilines is 2. The molecular weight excluding hydrogens is 210 g/mol. The minimum absolute atomic E-state index is 0.188. The molecule has 1 unspecified atom stereocenters. The minimum atomic E-state index is 0.188. The third-order valence-electron chi connectivity index (χ3n) is 2.77. The summed E-state index contributed by atoms with van der Waals surface area (Å²) in [6, 6.07) is 12.3. The number of nitrogens with two attached hydrogens (primary N) is 1. The van der Waals surface area contributed by atoms with Gasteiger partial charge in [0.2, 0.25) is 0 Å². The lowest BCUT2D eigenvalue weighted by Crippen LogP contribution is -2.09. The fourth-order valence-electron chi connectivity index (χ4n) is 1.68. The molecule has 1 aromatic heterocycles. The smallest absolute Gasteiger partial charge is 0.149 e. The lowest BCUT2D eigenvalue weighted by atomic mass is 10.1. The Morgan fingerprint density at radius 3 is 2.53 bits per heavy atom. The van der Waals surface area contributed by atoms with Gasteiger partial charge in [0, 0.05) is 6.20 Å². The lowest BCUT2D eigenvalue weighted by Gasteiger charge is -2.16. The molecular formula is C14H17N3. The van der Waals surface area contributed by atoms with Crippen LogP contribution in [0.15, 0.2) is 42.6 Å². The Morgan fingerprint density at radius 1 is 1.18 bits per heavy atom. The van der Waals surface area contributed by atoms with Gasteiger partial charge in [0.1, 0.15) is 5.82 Å². The third-order valence-corrected chi connectivity index (χ3v) is 2.77. The summed E-state index contributed by atoms with van der Waals surface area (Å²) < 4.78 is 0. The van der Waals surface area contributed by atoms with E-state index in [0.717, 1.165) is 5.82 Å². The molecule has 1 aromatic carbocycles. The molecule has 0 saturated carbocycles. The van der Waals surface area contributed by atoms with Gasteiger partial charge in [-0.05, 0) is 31.5 Å². The number of nitrogens with one attached hydrogen (secondary N) is 1. The van der Waals surface area contributed by atoms with E-state index in [0.29, 0.717) is 5.69 Å². The van der Waals surface area contributed by atoms with Gasteiger partial charge in [-0.2, -0.15) is 0 Å². The number of aromatic nitrogens is 1. The number of nitrogen functional groups attached to an aromatic ring is 1. The molecule has 0 radical (unpaired) electrons. The summed E-state index contributed by atoms with van der Waals surface area (Å²) in [4.78, 5) is 4.23. The van der Waals surface area contributed by atoms with Crippen LogP contribution in [0, 0.1) is 6.92 Å². The zero-order valence-corrected chi connectivity index (χ0v) is 10.1. The second-order valence-electron chi connectivity index (χ2n) is 4.22. The first kappa shape index (κ1) is 11.5. The number of hydrogen-bond acceptors (Lipinski definition) is 3. The van der Waals surface area contributed by atoms with Crippen molar-refractivity contribution in [1.29, 1.82) is 0 Å². The van der Waals surface area contributed by atoms with Crippen molar-refractivity contribution in [2.24, 2.45) is 0 Å². The molecule has 0 spiro atoms. The molecule has 3 N–H and O–H groups in total. The number of hydrogen-bond donors (Lipinski definition) is 2. The van der Waals surface area contributed by atoms with Crippen molar-refractivity contribution in [1.82, 2.24) is 4.98 Å². The summed E-state index contributed by atoms with van der Waals surface area (Å²) in [5.74, 6) is 0.737. The van der Waals surface area contributed by atoms with Crippen molar-refractivity contribution in [3.63, 3.8) is 0 Å². The molecule has 0 fully saturated rings. The van der Waals surface area contributed by atoms with Gasteiger partial charge in [0.15, 0.2) is 0 Å². The number of aryl methyl sites for hydroxylation is 1. The van der Waals surface area contributed by atoms with Gasteiger partial charge < -0.3 is 11.1 Å². The molecule has 3 heteroatoms. The van der Waals surface area contributed by atoms with Crippen LogP contribution >= 0.6 is 0 Å². The number of rotatable bonds is 3. The summed E-state index contributed by atoms with van der Waals surface area (Å²) in [5.41, 5.74) is 9.00. The molecule has 2 aromatic rings. The number of benzene rings is 1. The predicted molar refractivity (Wildman–Crippen MR) is 71.9 cm³/mol. The van der Waals surface area contributed by atoms with E-state index in [-0.39, 0.29) is 6.04 Å². The normalized spacial score (nSPS) is 12.1. The largest absolute Gasteiger partial charge is 0.396 e. The Hall–Kier alpha value is -2.03. The average molecular weight is 227 g/mol. The van der Waals surface area contributed by atoms with E-state index in [2.05, 4.69) is 48.4 Å². The van der Waals surface area contributed by atoms with Gasteiger partial charge >= 0.3 is 0 Å². The van der Waals surface area contributed by atoms with Gasteiger partial charge in [0.05, 0.1) is 11.7 Å². The van der Waals surface area contributed by atoms with Gasteiger partial charge in [-0.3, -0.25) is 0 Å². The zero-order chi connectivity index (χ0) is 12.3. The van der Waals surface area contributed by atoms with Crippen molar-refractivity contribution in [3.05, 3.63) is 53.7 Å². The van der Waals surface area contributed by atoms with Crippen LogP contribution in [0.3, 0.4) is 0 Å². The molecule has 0 bridgehead atoms. The van der Waals surface area contributed by atoms with Crippen molar-refractivity contribution in [3.8, 4) is 0 Å². The minimum Gasteiger partial charge on any atom is -0.396 e. The van der Waals surface area contributed by atoms with E-state index in [1.807, 2.05) is 12.1 Å². The maximum atomic E-state index is 5.85. The molecule has 1 atom stereocenters. The summed E-state index contributed by atoms with van der Waals surface area (Å²) in [7, 11) is 0. The van der Waals surface area contributed by atoms with Crippen LogP contribution in [0.25, 0.3) is 0 Å². The van der Waals surface area contributed by atoms with Crippen LogP contribution in [0.1, 0.15) is 24.1 Å². The molecule has 3 nitrogen and oxygen atoms in total. The quantitative estimate of drug-likeness (QED) is 0.847. The molecule has 2 rings (SSSR count). The standard InChI is InChI=1S/C14H17N3/c1-10-5-7-12(8-6-10)11(2)17-14-13(15)4-3-9-16-14/h3-9,11H,15H2,1-2H3,(H,16,17). The van der Waals surface area contributed by atoms with Gasteiger partial charge in [-0.1, -0.05) is 29.8 Å². The molecule has 0 amide bonds. The Morgan fingerprint density at radius 2 is 1.88 bits per heavy atom. The summed E-state index contributed by atoms with van der Waals surface area (Å²) in [6.45, 7) is 4.18. The van der Waals surface area contributed by atoms with Crippen LogP contribution in [0.2, 0.25) is 0 Å². The van der Waals surface area contributed by atoms with Gasteiger partial charge in [-0.25, -0.2) is 4.98 Å². The number of pyridine rings is 1. The van der Waals surface area contributed by atoms with E-state index < -0.39 is 0 Å². The highest BCUT2D eigenvalue weighted by atomic mass is 15.0.